The number of nitro groups is 1. The molecule has 2 N–H and O–H groups in total. The zero-order chi connectivity index (χ0) is 15.0. The van der Waals surface area contributed by atoms with Gasteiger partial charge < -0.3 is 15.4 Å². The highest BCUT2D eigenvalue weighted by molar-refractivity contribution is 6.01. The lowest BCUT2D eigenvalue weighted by Gasteiger charge is -2.11. The lowest BCUT2D eigenvalue weighted by Crippen LogP contribution is -2.26. The van der Waals surface area contributed by atoms with Crippen LogP contribution in [0.1, 0.15) is 23.7 Å². The summed E-state index contributed by atoms with van der Waals surface area (Å²) in [5.74, 6) is -0.333. The Labute approximate surface area is 117 Å². The molecule has 0 saturated heterocycles. The molecule has 0 aliphatic heterocycles. The van der Waals surface area contributed by atoms with E-state index in [1.165, 1.54) is 12.1 Å². The third-order valence-electron chi connectivity index (χ3n) is 2.65. The molecule has 0 radical (unpaired) electrons. The molecule has 0 spiro atoms. The summed E-state index contributed by atoms with van der Waals surface area (Å²) < 4.78 is 4.89. The predicted molar refractivity (Wildman–Crippen MR) is 76.1 cm³/mol. The number of hydrogen-bond acceptors (Lipinski definition) is 5. The fraction of sp³-hybridized carbons (Fsp3) is 0.462. The molecule has 0 fully saturated rings. The van der Waals surface area contributed by atoms with Gasteiger partial charge in [-0.2, -0.15) is 0 Å². The highest BCUT2D eigenvalue weighted by atomic mass is 16.6. The number of carbonyl (C=O) groups excluding carboxylic acids is 1. The molecule has 1 aromatic carbocycles. The van der Waals surface area contributed by atoms with Gasteiger partial charge >= 0.3 is 0 Å². The molecule has 20 heavy (non-hydrogen) atoms. The van der Waals surface area contributed by atoms with Gasteiger partial charge in [-0.15, -0.1) is 0 Å². The maximum Gasteiger partial charge on any atom is 0.293 e. The van der Waals surface area contributed by atoms with E-state index in [9.17, 15) is 14.9 Å². The van der Waals surface area contributed by atoms with Crippen molar-refractivity contribution in [2.75, 3.05) is 32.1 Å². The van der Waals surface area contributed by atoms with E-state index < -0.39 is 4.92 Å². The van der Waals surface area contributed by atoms with Crippen LogP contribution in [0, 0.1) is 10.1 Å². The zero-order valence-electron chi connectivity index (χ0n) is 11.6. The van der Waals surface area contributed by atoms with Crippen molar-refractivity contribution in [3.05, 3.63) is 33.9 Å². The van der Waals surface area contributed by atoms with Gasteiger partial charge in [0, 0.05) is 32.9 Å². The molecule has 0 aliphatic rings. The summed E-state index contributed by atoms with van der Waals surface area (Å²) in [5.41, 5.74) is 0.430. The molecular weight excluding hydrogens is 262 g/mol. The van der Waals surface area contributed by atoms with E-state index >= 15 is 0 Å². The summed E-state index contributed by atoms with van der Waals surface area (Å²) in [4.78, 5) is 22.6. The SMILES string of the molecule is CCNc1c(C(=O)NCCCOC)cccc1[N+](=O)[O-]. The summed E-state index contributed by atoms with van der Waals surface area (Å²) >= 11 is 0. The lowest BCUT2D eigenvalue weighted by molar-refractivity contribution is -0.384. The number of amides is 1. The second kappa shape index (κ2) is 8.11. The van der Waals surface area contributed by atoms with Crippen LogP contribution in [0.2, 0.25) is 0 Å². The fourth-order valence-corrected chi connectivity index (χ4v) is 1.76. The molecule has 0 atom stereocenters. The predicted octanol–water partition coefficient (Wildman–Crippen LogP) is 1.79. The minimum atomic E-state index is -0.500. The van der Waals surface area contributed by atoms with E-state index in [2.05, 4.69) is 10.6 Å². The van der Waals surface area contributed by atoms with Crippen molar-refractivity contribution in [2.45, 2.75) is 13.3 Å². The topological polar surface area (TPSA) is 93.5 Å². The van der Waals surface area contributed by atoms with Gasteiger partial charge in [-0.05, 0) is 19.4 Å². The molecule has 7 heteroatoms. The number of ether oxygens (including phenoxy) is 1. The first-order valence-electron chi connectivity index (χ1n) is 6.40. The van der Waals surface area contributed by atoms with Crippen LogP contribution >= 0.6 is 0 Å². The standard InChI is InChI=1S/C13H19N3O4/c1-3-14-12-10(6-4-7-11(12)16(18)19)13(17)15-8-5-9-20-2/h4,6-7,14H,3,5,8-9H2,1-2H3,(H,15,17). The summed E-state index contributed by atoms with van der Waals surface area (Å²) in [7, 11) is 1.59. The van der Waals surface area contributed by atoms with Crippen molar-refractivity contribution < 1.29 is 14.5 Å². The Balaban J connectivity index is 2.89. The number of hydrogen-bond donors (Lipinski definition) is 2. The van der Waals surface area contributed by atoms with Crippen molar-refractivity contribution in [1.82, 2.24) is 5.32 Å². The van der Waals surface area contributed by atoms with Crippen LogP contribution in [0.25, 0.3) is 0 Å². The van der Waals surface area contributed by atoms with Crippen LogP contribution in [-0.2, 0) is 4.74 Å². The third-order valence-corrected chi connectivity index (χ3v) is 2.65. The fourth-order valence-electron chi connectivity index (χ4n) is 1.76. The van der Waals surface area contributed by atoms with Crippen LogP contribution in [0.4, 0.5) is 11.4 Å². The largest absolute Gasteiger partial charge is 0.385 e. The summed E-state index contributed by atoms with van der Waals surface area (Å²) in [6, 6.07) is 4.44. The first-order chi connectivity index (χ1) is 9.61. The molecule has 0 heterocycles. The van der Waals surface area contributed by atoms with Gasteiger partial charge in [-0.25, -0.2) is 0 Å². The first-order valence-corrected chi connectivity index (χ1v) is 6.40. The van der Waals surface area contributed by atoms with Crippen LogP contribution in [0.15, 0.2) is 18.2 Å². The smallest absolute Gasteiger partial charge is 0.293 e. The van der Waals surface area contributed by atoms with Gasteiger partial charge in [-0.1, -0.05) is 6.07 Å². The van der Waals surface area contributed by atoms with Gasteiger partial charge in [0.05, 0.1) is 10.5 Å². The van der Waals surface area contributed by atoms with Crippen molar-refractivity contribution in [3.8, 4) is 0 Å². The van der Waals surface area contributed by atoms with E-state index in [1.807, 2.05) is 6.92 Å². The highest BCUT2D eigenvalue weighted by Gasteiger charge is 2.20. The van der Waals surface area contributed by atoms with Gasteiger partial charge in [0.2, 0.25) is 0 Å². The normalized spacial score (nSPS) is 10.1. The van der Waals surface area contributed by atoms with Crippen molar-refractivity contribution in [2.24, 2.45) is 0 Å². The van der Waals surface area contributed by atoms with Crippen molar-refractivity contribution >= 4 is 17.3 Å². The third kappa shape index (κ3) is 4.20. The number of carbonyl (C=O) groups is 1. The molecular formula is C13H19N3O4. The molecule has 0 aromatic heterocycles. The Hall–Kier alpha value is -2.15. The van der Waals surface area contributed by atoms with Crippen LogP contribution in [0.3, 0.4) is 0 Å². The van der Waals surface area contributed by atoms with Gasteiger partial charge in [0.1, 0.15) is 5.69 Å². The number of nitro benzene ring substituents is 1. The van der Waals surface area contributed by atoms with E-state index in [1.54, 1.807) is 13.2 Å². The number of benzene rings is 1. The minimum absolute atomic E-state index is 0.101. The number of para-hydroxylation sites is 1. The Morgan fingerprint density at radius 1 is 1.45 bits per heavy atom. The van der Waals surface area contributed by atoms with E-state index in [0.717, 1.165) is 0 Å². The zero-order valence-corrected chi connectivity index (χ0v) is 11.6. The molecule has 0 bridgehead atoms. The molecule has 1 rings (SSSR count). The maximum absolute atomic E-state index is 12.1. The molecule has 0 unspecified atom stereocenters. The van der Waals surface area contributed by atoms with Crippen molar-refractivity contribution in [3.63, 3.8) is 0 Å². The Bertz CT molecular complexity index is 477. The Kier molecular flexibility index (Phi) is 6.45. The monoisotopic (exact) mass is 281 g/mol. The van der Waals surface area contributed by atoms with Crippen molar-refractivity contribution in [1.29, 1.82) is 0 Å². The van der Waals surface area contributed by atoms with Gasteiger partial charge in [-0.3, -0.25) is 14.9 Å². The second-order valence-electron chi connectivity index (χ2n) is 4.09. The molecule has 0 aliphatic carbocycles. The van der Waals surface area contributed by atoms with Gasteiger partial charge in [0.25, 0.3) is 11.6 Å². The molecule has 0 saturated carbocycles. The highest BCUT2D eigenvalue weighted by Crippen LogP contribution is 2.28. The van der Waals surface area contributed by atoms with Crippen LogP contribution in [0.5, 0.6) is 0 Å². The number of rotatable bonds is 8. The molecule has 1 aromatic rings. The Morgan fingerprint density at radius 3 is 2.80 bits per heavy atom. The maximum atomic E-state index is 12.1. The summed E-state index contributed by atoms with van der Waals surface area (Å²) in [6.07, 6.45) is 0.688. The molecule has 1 amide bonds. The number of methoxy groups -OCH3 is 1. The molecule has 110 valence electrons. The minimum Gasteiger partial charge on any atom is -0.385 e. The number of anilines is 1. The average Bonchev–Trinajstić information content (AvgIpc) is 2.43. The lowest BCUT2D eigenvalue weighted by atomic mass is 10.1. The summed E-state index contributed by atoms with van der Waals surface area (Å²) in [6.45, 7) is 3.32. The van der Waals surface area contributed by atoms with Crippen LogP contribution in [-0.4, -0.2) is 37.6 Å². The van der Waals surface area contributed by atoms with E-state index in [-0.39, 0.29) is 22.8 Å². The first kappa shape index (κ1) is 15.9. The van der Waals surface area contributed by atoms with E-state index in [4.69, 9.17) is 4.74 Å². The van der Waals surface area contributed by atoms with E-state index in [0.29, 0.717) is 26.1 Å². The number of nitrogens with zero attached hydrogens (tertiary/aromatic N) is 1. The second-order valence-corrected chi connectivity index (χ2v) is 4.09. The summed E-state index contributed by atoms with van der Waals surface area (Å²) in [5, 5.41) is 16.6. The average molecular weight is 281 g/mol. The number of nitrogens with one attached hydrogen (secondary N) is 2. The van der Waals surface area contributed by atoms with Crippen LogP contribution < -0.4 is 10.6 Å². The molecule has 7 nitrogen and oxygen atoms in total. The van der Waals surface area contributed by atoms with Gasteiger partial charge in [0.15, 0.2) is 0 Å². The quantitative estimate of drug-likeness (QED) is 0.430. The Morgan fingerprint density at radius 2 is 2.20 bits per heavy atom.